The zero-order valence-corrected chi connectivity index (χ0v) is 34.8. The van der Waals surface area contributed by atoms with Gasteiger partial charge in [0.05, 0.1) is 17.7 Å². The van der Waals surface area contributed by atoms with Gasteiger partial charge in [0.15, 0.2) is 5.60 Å². The molecule has 3 amide bonds. The van der Waals surface area contributed by atoms with E-state index in [9.17, 15) is 14.4 Å². The molecule has 4 aromatic heterocycles. The first-order valence-corrected chi connectivity index (χ1v) is 21.2. The number of aromatic nitrogens is 5. The third kappa shape index (κ3) is 7.80. The summed E-state index contributed by atoms with van der Waals surface area (Å²) in [5, 5.41) is 4.68. The maximum absolute atomic E-state index is 13.1. The molecule has 3 fully saturated rings. The van der Waals surface area contributed by atoms with Crippen LogP contribution in [0.4, 0.5) is 5.82 Å². The van der Waals surface area contributed by atoms with Crippen LogP contribution >= 0.6 is 0 Å². The average Bonchev–Trinajstić information content (AvgIpc) is 3.74. The molecule has 1 unspecified atom stereocenters. The maximum atomic E-state index is 13.1. The topological polar surface area (TPSA) is 154 Å². The first-order chi connectivity index (χ1) is 30.0. The lowest BCUT2D eigenvalue weighted by molar-refractivity contribution is -0.136. The van der Waals surface area contributed by atoms with E-state index in [2.05, 4.69) is 72.9 Å². The summed E-state index contributed by atoms with van der Waals surface area (Å²) in [7, 11) is 2.09. The quantitative estimate of drug-likeness (QED) is 0.132. The van der Waals surface area contributed by atoms with E-state index in [1.165, 1.54) is 10.3 Å². The smallest absolute Gasteiger partial charge is 0.255 e. The number of anilines is 1. The highest BCUT2D eigenvalue weighted by Gasteiger charge is 2.39. The van der Waals surface area contributed by atoms with Crippen LogP contribution in [0.15, 0.2) is 85.5 Å². The third-order valence-electron chi connectivity index (χ3n) is 12.4. The van der Waals surface area contributed by atoms with Gasteiger partial charge in [-0.05, 0) is 98.5 Å². The van der Waals surface area contributed by atoms with Gasteiger partial charge in [0.25, 0.3) is 5.91 Å². The molecular weight excluding hydrogens is 785 g/mol. The standard InChI is InChI=1S/C48H46N8O6/c1-48(2,62-33-6-8-36-31(22-33)28-56(47(36)59)40-9-10-44(57)53-46(40)58)17-12-42-50-19-14-43(52-42)55-20-15-32(16-21-55)60-34-24-35(25-34)61-45-11-5-30(26-51-45)29-4-7-37-38-27-49-18-13-39(38)54(3)41(37)23-29/h4-8,11,13-14,18-19,22-23,26-27,32,34-35,40H,9-10,15-16,20-21,24-25,28H2,1-3H3,(H,53,57,58)/t34-,35-,40?. The second-order valence-electron chi connectivity index (χ2n) is 17.0. The molecule has 62 heavy (non-hydrogen) atoms. The third-order valence-corrected chi connectivity index (χ3v) is 12.4. The second-order valence-corrected chi connectivity index (χ2v) is 17.0. The summed E-state index contributed by atoms with van der Waals surface area (Å²) in [5.41, 5.74) is 4.86. The van der Waals surface area contributed by atoms with Gasteiger partial charge in [-0.3, -0.25) is 24.7 Å². The molecule has 3 aliphatic heterocycles. The number of imide groups is 1. The molecule has 2 aromatic carbocycles. The van der Waals surface area contributed by atoms with E-state index < -0.39 is 17.6 Å². The Balaban J connectivity index is 0.681. The predicted octanol–water partition coefficient (Wildman–Crippen LogP) is 6.14. The number of pyridine rings is 2. The van der Waals surface area contributed by atoms with E-state index in [1.54, 1.807) is 18.3 Å². The van der Waals surface area contributed by atoms with Crippen molar-refractivity contribution >= 4 is 45.3 Å². The summed E-state index contributed by atoms with van der Waals surface area (Å²) in [4.78, 5) is 59.0. The molecule has 14 nitrogen and oxygen atoms in total. The summed E-state index contributed by atoms with van der Waals surface area (Å²) >= 11 is 0. The van der Waals surface area contributed by atoms with Crippen LogP contribution in [-0.2, 0) is 27.9 Å². The molecular formula is C48H46N8O6. The van der Waals surface area contributed by atoms with Gasteiger partial charge in [0.1, 0.15) is 23.7 Å². The Morgan fingerprint density at radius 3 is 2.47 bits per heavy atom. The SMILES string of the molecule is Cn1c2ccncc2c2ccc(-c3ccc(O[C@H]4C[C@H](OC5CCN(c6ccnc(C#CC(C)(C)Oc7ccc8c(c7)CN(C7CCC(=O)NC7=O)C8=O)n6)CC5)C4)nc3)cc21. The Morgan fingerprint density at radius 1 is 0.823 bits per heavy atom. The fourth-order valence-corrected chi connectivity index (χ4v) is 8.97. The minimum absolute atomic E-state index is 0.0898. The van der Waals surface area contributed by atoms with Crippen molar-refractivity contribution in [3.63, 3.8) is 0 Å². The lowest BCUT2D eigenvalue weighted by atomic mass is 9.91. The Morgan fingerprint density at radius 2 is 1.66 bits per heavy atom. The van der Waals surface area contributed by atoms with Crippen molar-refractivity contribution in [2.24, 2.45) is 7.05 Å². The molecule has 1 saturated carbocycles. The molecule has 1 N–H and O–H groups in total. The normalized spacial score (nSPS) is 20.4. The maximum Gasteiger partial charge on any atom is 0.255 e. The number of piperidine rings is 2. The lowest BCUT2D eigenvalue weighted by Gasteiger charge is -2.40. The predicted molar refractivity (Wildman–Crippen MR) is 231 cm³/mol. The number of amides is 3. The molecule has 7 heterocycles. The van der Waals surface area contributed by atoms with E-state index in [1.807, 2.05) is 56.7 Å². The van der Waals surface area contributed by atoms with E-state index in [-0.39, 0.29) is 43.1 Å². The van der Waals surface area contributed by atoms with Gasteiger partial charge in [0, 0.05) is 104 Å². The number of ether oxygens (including phenoxy) is 3. The van der Waals surface area contributed by atoms with Crippen LogP contribution in [0, 0.1) is 11.8 Å². The number of rotatable bonds is 9. The highest BCUT2D eigenvalue weighted by molar-refractivity contribution is 6.08. The molecule has 0 bridgehead atoms. The van der Waals surface area contributed by atoms with Gasteiger partial charge >= 0.3 is 0 Å². The summed E-state index contributed by atoms with van der Waals surface area (Å²) < 4.78 is 21.2. The second kappa shape index (κ2) is 15.9. The molecule has 2 saturated heterocycles. The minimum atomic E-state index is -0.894. The molecule has 4 aliphatic rings. The lowest BCUT2D eigenvalue weighted by Crippen LogP contribution is -2.52. The number of hydrogen-bond acceptors (Lipinski definition) is 11. The molecule has 314 valence electrons. The Bertz CT molecular complexity index is 2800. The minimum Gasteiger partial charge on any atom is -0.475 e. The fourth-order valence-electron chi connectivity index (χ4n) is 8.97. The molecule has 6 aromatic rings. The Hall–Kier alpha value is -6.85. The molecule has 1 aliphatic carbocycles. The van der Waals surface area contributed by atoms with Crippen molar-refractivity contribution in [3.05, 3.63) is 102 Å². The zero-order valence-electron chi connectivity index (χ0n) is 34.8. The van der Waals surface area contributed by atoms with Crippen molar-refractivity contribution in [1.29, 1.82) is 0 Å². The van der Waals surface area contributed by atoms with Gasteiger partial charge in [-0.15, -0.1) is 0 Å². The monoisotopic (exact) mass is 830 g/mol. The summed E-state index contributed by atoms with van der Waals surface area (Å²) in [6.07, 6.45) is 11.8. The number of carbonyl (C=O) groups is 3. The summed E-state index contributed by atoms with van der Waals surface area (Å²) in [6, 6.07) is 19.1. The van der Waals surface area contributed by atoms with Crippen molar-refractivity contribution in [2.45, 2.75) is 88.9 Å². The van der Waals surface area contributed by atoms with Crippen LogP contribution in [0.5, 0.6) is 11.6 Å². The van der Waals surface area contributed by atoms with Crippen LogP contribution in [0.1, 0.15) is 74.1 Å². The largest absolute Gasteiger partial charge is 0.475 e. The molecule has 10 rings (SSSR count). The number of aryl methyl sites for hydroxylation is 1. The zero-order chi connectivity index (χ0) is 42.5. The number of benzene rings is 2. The van der Waals surface area contributed by atoms with Gasteiger partial charge in [-0.2, -0.15) is 0 Å². The van der Waals surface area contributed by atoms with Gasteiger partial charge in [-0.1, -0.05) is 12.1 Å². The molecule has 1 atom stereocenters. The fraction of sp³-hybridized carbons (Fsp3) is 0.354. The van der Waals surface area contributed by atoms with E-state index in [0.717, 1.165) is 77.7 Å². The van der Waals surface area contributed by atoms with Crippen LogP contribution in [0.25, 0.3) is 32.9 Å². The summed E-state index contributed by atoms with van der Waals surface area (Å²) in [6.45, 7) is 5.63. The number of nitrogens with zero attached hydrogens (tertiary/aromatic N) is 7. The molecule has 14 heteroatoms. The van der Waals surface area contributed by atoms with E-state index >= 15 is 0 Å². The average molecular weight is 831 g/mol. The molecule has 0 spiro atoms. The van der Waals surface area contributed by atoms with E-state index in [0.29, 0.717) is 29.4 Å². The van der Waals surface area contributed by atoms with E-state index in [4.69, 9.17) is 19.2 Å². The van der Waals surface area contributed by atoms with Crippen molar-refractivity contribution < 1.29 is 28.6 Å². The van der Waals surface area contributed by atoms with Crippen LogP contribution in [-0.4, -0.2) is 90.2 Å². The van der Waals surface area contributed by atoms with Crippen molar-refractivity contribution in [1.82, 2.24) is 34.7 Å². The van der Waals surface area contributed by atoms with Crippen molar-refractivity contribution in [2.75, 3.05) is 18.0 Å². The Kier molecular flexibility index (Phi) is 10.1. The highest BCUT2D eigenvalue weighted by Crippen LogP contribution is 2.35. The van der Waals surface area contributed by atoms with Crippen LogP contribution in [0.2, 0.25) is 0 Å². The number of hydrogen-bond donors (Lipinski definition) is 1. The first-order valence-electron chi connectivity index (χ1n) is 21.2. The van der Waals surface area contributed by atoms with Crippen molar-refractivity contribution in [3.8, 4) is 34.6 Å². The van der Waals surface area contributed by atoms with Crippen LogP contribution in [0.3, 0.4) is 0 Å². The van der Waals surface area contributed by atoms with Gasteiger partial charge in [0.2, 0.25) is 23.5 Å². The number of carbonyl (C=O) groups excluding carboxylic acids is 3. The van der Waals surface area contributed by atoms with Gasteiger partial charge in [-0.25, -0.2) is 15.0 Å². The summed E-state index contributed by atoms with van der Waals surface area (Å²) in [5.74, 6) is 7.70. The van der Waals surface area contributed by atoms with Crippen LogP contribution < -0.4 is 19.7 Å². The Labute approximate surface area is 358 Å². The molecule has 0 radical (unpaired) electrons. The number of nitrogens with one attached hydrogen (secondary N) is 1. The first kappa shape index (κ1) is 39.3. The highest BCUT2D eigenvalue weighted by atomic mass is 16.5. The number of fused-ring (bicyclic) bond motifs is 4. The van der Waals surface area contributed by atoms with Gasteiger partial charge < -0.3 is 28.6 Å².